The maximum absolute atomic E-state index is 13.6. The number of nitrogens with one attached hydrogen (secondary N) is 4. The van der Waals surface area contributed by atoms with Gasteiger partial charge in [0.2, 0.25) is 0 Å². The second kappa shape index (κ2) is 17.1. The van der Waals surface area contributed by atoms with Gasteiger partial charge in [-0.3, -0.25) is 9.59 Å². The number of methoxy groups -OCH3 is 1. The average molecular weight is 763 g/mol. The summed E-state index contributed by atoms with van der Waals surface area (Å²) in [6.45, 7) is 21.6. The molecule has 9 heteroatoms. The largest absolute Gasteiger partial charge is 0.510 e. The molecule has 56 heavy (non-hydrogen) atoms. The standard InChI is InChI=1S/C47H62N4O5/c1-11-15-25(4)16-14-17-26(5)20-21-56-40(52)19-18-33-29(8)36-22-34-27(6)31(12-2)38(48-34)23-35-28(7)32(13-3)39(49-35)24-37-30(9)41-45(51-37)42(44(33)50-36)43(46(41)53)47(54)55-10/h12,20,22-25,29,33,43-44,48-51,53H,2,11,13-19,21H2,1,3-10H3/b26-20+,35-23-,36-22+,39-24-/t25-,29+,33+,43-,44?/m1/s1. The number of fused-ring (bicyclic) bond motifs is 8. The summed E-state index contributed by atoms with van der Waals surface area (Å²) in [6, 6.07) is -0.390. The number of esters is 2. The minimum atomic E-state index is -0.990. The van der Waals surface area contributed by atoms with E-state index in [1.807, 2.05) is 19.1 Å². The molecule has 3 aromatic heterocycles. The van der Waals surface area contributed by atoms with Crippen molar-refractivity contribution in [1.82, 2.24) is 20.3 Å². The van der Waals surface area contributed by atoms with Crippen molar-refractivity contribution >= 4 is 47.6 Å². The van der Waals surface area contributed by atoms with Crippen LogP contribution in [0.4, 0.5) is 0 Å². The lowest BCUT2D eigenvalue weighted by molar-refractivity contribution is -0.143. The summed E-state index contributed by atoms with van der Waals surface area (Å²) in [5, 5.41) is 19.0. The Morgan fingerprint density at radius 2 is 1.70 bits per heavy atom. The van der Waals surface area contributed by atoms with E-state index >= 15 is 0 Å². The molecule has 8 bridgehead atoms. The molecule has 3 aromatic rings. The molecule has 0 radical (unpaired) electrons. The molecule has 5 atom stereocenters. The summed E-state index contributed by atoms with van der Waals surface area (Å²) < 4.78 is 11.1. The fourth-order valence-corrected chi connectivity index (χ4v) is 9.38. The molecule has 2 aliphatic heterocycles. The number of hydrogen-bond acceptors (Lipinski definition) is 6. The molecule has 3 aliphatic rings. The zero-order valence-electron chi connectivity index (χ0n) is 34.9. The van der Waals surface area contributed by atoms with E-state index in [0.717, 1.165) is 86.3 Å². The molecule has 0 amide bonds. The SMILES string of the molecule is C=Cc1c2[nH]c(c1C)/C=C1/NC(C3=c4[nH]c(c(C)c4=C(O)[C@@H]3C(=O)OC)/C=c3\[nH]/c(c(C)c3CC)=C\2)[C@@H](CCC(=O)OC/C=C(\C)CCC[C@H](C)CCC)[C@@H]1C. The fraction of sp³-hybridized carbons (Fsp3) is 0.489. The van der Waals surface area contributed by atoms with Gasteiger partial charge >= 0.3 is 11.9 Å². The number of hydrogen-bond donors (Lipinski definition) is 5. The first kappa shape index (κ1) is 40.7. The van der Waals surface area contributed by atoms with Crippen LogP contribution in [0.3, 0.4) is 0 Å². The first-order chi connectivity index (χ1) is 26.8. The normalized spacial score (nSPS) is 22.7. The number of aliphatic hydroxyl groups excluding tert-OH is 1. The van der Waals surface area contributed by atoms with Gasteiger partial charge in [-0.05, 0) is 117 Å². The molecular weight excluding hydrogens is 701 g/mol. The Hall–Kier alpha value is -4.92. The first-order valence-corrected chi connectivity index (χ1v) is 20.6. The summed E-state index contributed by atoms with van der Waals surface area (Å²) in [5.41, 5.74) is 11.0. The quantitative estimate of drug-likeness (QED) is 0.0938. The molecule has 1 unspecified atom stereocenters. The number of aliphatic hydroxyl groups is 1. The molecule has 1 aliphatic carbocycles. The maximum Gasteiger partial charge on any atom is 0.320 e. The van der Waals surface area contributed by atoms with Gasteiger partial charge < -0.3 is 34.8 Å². The van der Waals surface area contributed by atoms with E-state index in [1.165, 1.54) is 43.1 Å². The number of carbonyl (C=O) groups is 2. The highest BCUT2D eigenvalue weighted by molar-refractivity contribution is 5.95. The third-order valence-corrected chi connectivity index (χ3v) is 12.7. The van der Waals surface area contributed by atoms with E-state index in [1.54, 1.807) is 0 Å². The lowest BCUT2D eigenvalue weighted by Crippen LogP contribution is -2.38. The van der Waals surface area contributed by atoms with Crippen molar-refractivity contribution in [2.24, 2.45) is 23.7 Å². The number of aromatic nitrogens is 3. The monoisotopic (exact) mass is 762 g/mol. The molecule has 1 fully saturated rings. The van der Waals surface area contributed by atoms with Gasteiger partial charge in [0.05, 0.1) is 18.5 Å². The van der Waals surface area contributed by atoms with E-state index < -0.39 is 17.9 Å². The molecule has 5 N–H and O–H groups in total. The van der Waals surface area contributed by atoms with Gasteiger partial charge in [-0.15, -0.1) is 0 Å². The number of carbonyl (C=O) groups excluding carboxylic acids is 2. The topological polar surface area (TPSA) is 132 Å². The zero-order chi connectivity index (χ0) is 40.4. The Balaban J connectivity index is 1.41. The first-order valence-electron chi connectivity index (χ1n) is 20.6. The summed E-state index contributed by atoms with van der Waals surface area (Å²) in [6.07, 6.45) is 17.7. The Morgan fingerprint density at radius 1 is 0.964 bits per heavy atom. The van der Waals surface area contributed by atoms with E-state index in [9.17, 15) is 14.7 Å². The van der Waals surface area contributed by atoms with Crippen molar-refractivity contribution in [1.29, 1.82) is 0 Å². The van der Waals surface area contributed by atoms with Crippen molar-refractivity contribution in [2.75, 3.05) is 13.7 Å². The Bertz CT molecular complexity index is 2330. The summed E-state index contributed by atoms with van der Waals surface area (Å²) in [4.78, 5) is 37.9. The minimum Gasteiger partial charge on any atom is -0.510 e. The highest BCUT2D eigenvalue weighted by atomic mass is 16.5. The summed E-state index contributed by atoms with van der Waals surface area (Å²) in [7, 11) is 1.36. The molecule has 6 rings (SSSR count). The highest BCUT2D eigenvalue weighted by Gasteiger charge is 2.47. The lowest BCUT2D eigenvalue weighted by Gasteiger charge is -2.26. The van der Waals surface area contributed by atoms with E-state index in [-0.39, 0.29) is 36.6 Å². The van der Waals surface area contributed by atoms with Crippen LogP contribution >= 0.6 is 0 Å². The number of H-pyrrole nitrogens is 3. The second-order valence-electron chi connectivity index (χ2n) is 16.3. The molecule has 5 heterocycles. The molecule has 1 saturated heterocycles. The van der Waals surface area contributed by atoms with Crippen molar-refractivity contribution in [2.45, 2.75) is 113 Å². The van der Waals surface area contributed by atoms with E-state index in [0.29, 0.717) is 11.6 Å². The van der Waals surface area contributed by atoms with Crippen LogP contribution in [0.1, 0.15) is 124 Å². The van der Waals surface area contributed by atoms with Crippen LogP contribution in [-0.2, 0) is 25.5 Å². The average Bonchev–Trinajstić information content (AvgIpc) is 3.91. The smallest absolute Gasteiger partial charge is 0.320 e. The second-order valence-corrected chi connectivity index (χ2v) is 16.3. The maximum atomic E-state index is 13.6. The predicted molar refractivity (Wildman–Crippen MR) is 226 cm³/mol. The minimum absolute atomic E-state index is 0.0173. The van der Waals surface area contributed by atoms with Crippen LogP contribution in [0.2, 0.25) is 0 Å². The van der Waals surface area contributed by atoms with Crippen LogP contribution in [0.15, 0.2) is 23.9 Å². The molecule has 0 aromatic carbocycles. The summed E-state index contributed by atoms with van der Waals surface area (Å²) in [5.74, 6) is -1.18. The van der Waals surface area contributed by atoms with Crippen LogP contribution in [-0.4, -0.2) is 51.8 Å². The van der Waals surface area contributed by atoms with Crippen molar-refractivity contribution in [3.05, 3.63) is 90.1 Å². The molecule has 300 valence electrons. The number of rotatable bonds is 14. The number of ether oxygens (including phenoxy) is 2. The van der Waals surface area contributed by atoms with Gasteiger partial charge in [-0.1, -0.05) is 65.2 Å². The van der Waals surface area contributed by atoms with Gasteiger partial charge in [-0.25, -0.2) is 0 Å². The zero-order valence-corrected chi connectivity index (χ0v) is 34.9. The predicted octanol–water partition coefficient (Wildman–Crippen LogP) is 6.53. The van der Waals surface area contributed by atoms with Crippen LogP contribution < -0.4 is 26.6 Å². The van der Waals surface area contributed by atoms with Crippen LogP contribution in [0, 0.1) is 44.4 Å². The van der Waals surface area contributed by atoms with Crippen molar-refractivity contribution in [3.8, 4) is 0 Å². The van der Waals surface area contributed by atoms with Gasteiger partial charge in [0.15, 0.2) is 0 Å². The van der Waals surface area contributed by atoms with E-state index in [2.05, 4.69) is 93.5 Å². The van der Waals surface area contributed by atoms with Gasteiger partial charge in [0.25, 0.3) is 0 Å². The number of aromatic amines is 3. The molecule has 9 nitrogen and oxygen atoms in total. The van der Waals surface area contributed by atoms with Crippen molar-refractivity contribution < 1.29 is 24.2 Å². The Labute approximate surface area is 331 Å². The molecule has 0 saturated carbocycles. The fourth-order valence-electron chi connectivity index (χ4n) is 9.38. The molecular formula is C47H62N4O5. The van der Waals surface area contributed by atoms with Crippen molar-refractivity contribution in [3.63, 3.8) is 0 Å². The van der Waals surface area contributed by atoms with E-state index in [4.69, 9.17) is 9.47 Å². The summed E-state index contributed by atoms with van der Waals surface area (Å²) >= 11 is 0. The Kier molecular flexibility index (Phi) is 12.4. The molecule has 0 spiro atoms. The van der Waals surface area contributed by atoms with Crippen LogP contribution in [0.25, 0.3) is 35.6 Å². The number of allylic oxidation sites excluding steroid dienone is 2. The van der Waals surface area contributed by atoms with Gasteiger partial charge in [-0.2, -0.15) is 0 Å². The lowest BCUT2D eigenvalue weighted by atomic mass is 9.80. The van der Waals surface area contributed by atoms with Gasteiger partial charge in [0, 0.05) is 56.6 Å². The van der Waals surface area contributed by atoms with Crippen LogP contribution in [0.5, 0.6) is 0 Å². The third kappa shape index (κ3) is 7.74. The third-order valence-electron chi connectivity index (χ3n) is 12.7. The Morgan fingerprint density at radius 3 is 2.39 bits per heavy atom. The highest BCUT2D eigenvalue weighted by Crippen LogP contribution is 2.42. The van der Waals surface area contributed by atoms with Gasteiger partial charge in [0.1, 0.15) is 18.3 Å².